The van der Waals surface area contributed by atoms with Crippen LogP contribution >= 0.6 is 24.4 Å². The highest BCUT2D eigenvalue weighted by molar-refractivity contribution is 7.80. The van der Waals surface area contributed by atoms with E-state index in [1.165, 1.54) is 102 Å². The summed E-state index contributed by atoms with van der Waals surface area (Å²) in [6.07, 6.45) is 18.0. The van der Waals surface area contributed by atoms with Crippen molar-refractivity contribution in [1.29, 1.82) is 0 Å². The summed E-state index contributed by atoms with van der Waals surface area (Å²) in [5.41, 5.74) is -0.124. The summed E-state index contributed by atoms with van der Waals surface area (Å²) in [4.78, 5) is 2.64. The average Bonchev–Trinajstić information content (AvgIpc) is 2.87. The molecule has 0 heterocycles. The van der Waals surface area contributed by atoms with Gasteiger partial charge in [0, 0.05) is 29.9 Å². The zero-order valence-corrected chi connectivity index (χ0v) is 25.4. The van der Waals surface area contributed by atoms with Gasteiger partial charge in [-0.1, -0.05) is 77.0 Å². The number of hydrogen-bond donors (Lipinski definition) is 3. The lowest BCUT2D eigenvalue weighted by atomic mass is 9.89. The Bertz CT molecular complexity index is 902. The van der Waals surface area contributed by atoms with Crippen LogP contribution in [0.5, 0.6) is 0 Å². The van der Waals surface area contributed by atoms with Crippen molar-refractivity contribution < 1.29 is 13.2 Å². The molecule has 0 unspecified atom stereocenters. The molecule has 40 heavy (non-hydrogen) atoms. The van der Waals surface area contributed by atoms with Gasteiger partial charge in [0.15, 0.2) is 10.2 Å². The third-order valence-corrected chi connectivity index (χ3v) is 9.58. The van der Waals surface area contributed by atoms with Gasteiger partial charge >= 0.3 is 6.18 Å². The summed E-state index contributed by atoms with van der Waals surface area (Å²) in [5.74, 6) is 0. The van der Waals surface area contributed by atoms with E-state index >= 15 is 0 Å². The predicted molar refractivity (Wildman–Crippen MR) is 167 cm³/mol. The van der Waals surface area contributed by atoms with Crippen LogP contribution in [0.25, 0.3) is 0 Å². The molecule has 0 bridgehead atoms. The Balaban J connectivity index is 1.41. The van der Waals surface area contributed by atoms with Crippen LogP contribution in [-0.4, -0.2) is 39.3 Å². The molecule has 1 aromatic carbocycles. The van der Waals surface area contributed by atoms with E-state index in [0.29, 0.717) is 22.9 Å². The van der Waals surface area contributed by atoms with Crippen molar-refractivity contribution in [3.05, 3.63) is 29.8 Å². The Morgan fingerprint density at radius 3 is 1.52 bits per heavy atom. The van der Waals surface area contributed by atoms with Crippen LogP contribution in [0.2, 0.25) is 0 Å². The van der Waals surface area contributed by atoms with Crippen LogP contribution in [0.1, 0.15) is 121 Å². The van der Waals surface area contributed by atoms with Gasteiger partial charge in [-0.2, -0.15) is 13.2 Å². The number of nitrogens with one attached hydrogen (secondary N) is 3. The number of halogens is 3. The first-order chi connectivity index (χ1) is 19.3. The summed E-state index contributed by atoms with van der Waals surface area (Å²) in [5, 5.41) is 11.7. The predicted octanol–water partition coefficient (Wildman–Crippen LogP) is 8.71. The second-order valence-corrected chi connectivity index (χ2v) is 12.8. The maximum absolute atomic E-state index is 12.9. The maximum atomic E-state index is 12.9. The Morgan fingerprint density at radius 2 is 1.05 bits per heavy atom. The summed E-state index contributed by atoms with van der Waals surface area (Å²) >= 11 is 11.8. The topological polar surface area (TPSA) is 39.3 Å². The van der Waals surface area contributed by atoms with E-state index in [4.69, 9.17) is 24.4 Å². The standard InChI is InChI=1S/C31H47F3N4S2/c32-31(33,34)23-19-21-24(22-20-23)35-29(39)36-27-17-11-12-18-28(27)37-30(40)38(25-13-7-3-1-4-8-14-25)26-15-9-5-2-6-10-16-26/h19-22,25-28H,1-18H2,(H,37,40)(H2,35,36,39)/t27-,28-/m1/s1. The van der Waals surface area contributed by atoms with Crippen molar-refractivity contribution >= 4 is 40.3 Å². The highest BCUT2D eigenvalue weighted by Gasteiger charge is 2.33. The smallest absolute Gasteiger partial charge is 0.358 e. The normalized spacial score (nSPS) is 24.1. The molecule has 0 amide bonds. The Hall–Kier alpha value is -1.61. The van der Waals surface area contributed by atoms with Gasteiger partial charge in [0.25, 0.3) is 0 Å². The number of benzene rings is 1. The first kappa shape index (κ1) is 31.3. The fourth-order valence-electron chi connectivity index (χ4n) is 6.84. The van der Waals surface area contributed by atoms with Crippen LogP contribution in [0, 0.1) is 0 Å². The molecule has 0 saturated heterocycles. The summed E-state index contributed by atoms with van der Waals surface area (Å²) in [6, 6.07) is 6.30. The van der Waals surface area contributed by atoms with Gasteiger partial charge in [0.1, 0.15) is 0 Å². The van der Waals surface area contributed by atoms with E-state index in [1.807, 2.05) is 0 Å². The molecule has 9 heteroatoms. The fourth-order valence-corrected chi connectivity index (χ4v) is 7.56. The van der Waals surface area contributed by atoms with Gasteiger partial charge in [-0.3, -0.25) is 0 Å². The van der Waals surface area contributed by atoms with Crippen molar-refractivity contribution in [2.75, 3.05) is 5.32 Å². The van der Waals surface area contributed by atoms with Crippen LogP contribution in [0.3, 0.4) is 0 Å². The van der Waals surface area contributed by atoms with Gasteiger partial charge in [0.2, 0.25) is 0 Å². The lowest BCUT2D eigenvalue weighted by molar-refractivity contribution is -0.137. The molecule has 0 aromatic heterocycles. The molecule has 3 aliphatic rings. The molecule has 4 rings (SSSR count). The van der Waals surface area contributed by atoms with Gasteiger partial charge in [-0.05, 0) is 87.2 Å². The van der Waals surface area contributed by atoms with E-state index < -0.39 is 11.7 Å². The van der Waals surface area contributed by atoms with E-state index in [-0.39, 0.29) is 12.1 Å². The summed E-state index contributed by atoms with van der Waals surface area (Å²) in [6.45, 7) is 0. The molecule has 0 aliphatic heterocycles. The number of alkyl halides is 3. The maximum Gasteiger partial charge on any atom is 0.416 e. The van der Waals surface area contributed by atoms with Gasteiger partial charge in [-0.15, -0.1) is 0 Å². The van der Waals surface area contributed by atoms with Gasteiger partial charge in [0.05, 0.1) is 5.56 Å². The molecule has 1 aromatic rings. The molecule has 3 fully saturated rings. The molecule has 4 nitrogen and oxygen atoms in total. The fraction of sp³-hybridized carbons (Fsp3) is 0.742. The van der Waals surface area contributed by atoms with Gasteiger partial charge in [-0.25, -0.2) is 0 Å². The van der Waals surface area contributed by atoms with E-state index in [2.05, 4.69) is 20.9 Å². The largest absolute Gasteiger partial charge is 0.416 e. The van der Waals surface area contributed by atoms with Crippen molar-refractivity contribution in [2.45, 2.75) is 146 Å². The van der Waals surface area contributed by atoms with Crippen molar-refractivity contribution in [2.24, 2.45) is 0 Å². The molecule has 2 atom stereocenters. The first-order valence-electron chi connectivity index (χ1n) is 15.6. The number of nitrogens with zero attached hydrogens (tertiary/aromatic N) is 1. The number of anilines is 1. The average molecular weight is 597 g/mol. The van der Waals surface area contributed by atoms with Crippen molar-refractivity contribution in [3.63, 3.8) is 0 Å². The molecular formula is C31H47F3N4S2. The molecule has 3 aliphatic carbocycles. The molecule has 0 spiro atoms. The Labute approximate surface area is 249 Å². The Kier molecular flexibility index (Phi) is 12.2. The second kappa shape index (κ2) is 15.6. The van der Waals surface area contributed by atoms with Crippen LogP contribution < -0.4 is 16.0 Å². The SMILES string of the molecule is FC(F)(F)c1ccc(NC(=S)N[C@@H]2CCCC[C@H]2NC(=S)N(C2CCCCCCC2)C2CCCCCCC2)cc1. The quantitative estimate of drug-likeness (QED) is 0.295. The molecule has 224 valence electrons. The monoisotopic (exact) mass is 596 g/mol. The molecular weight excluding hydrogens is 549 g/mol. The molecule has 3 N–H and O–H groups in total. The van der Waals surface area contributed by atoms with Crippen LogP contribution in [-0.2, 0) is 6.18 Å². The lowest BCUT2D eigenvalue weighted by Crippen LogP contribution is -2.59. The first-order valence-corrected chi connectivity index (χ1v) is 16.5. The zero-order chi connectivity index (χ0) is 28.4. The van der Waals surface area contributed by atoms with Crippen LogP contribution in [0.4, 0.5) is 18.9 Å². The third kappa shape index (κ3) is 9.47. The van der Waals surface area contributed by atoms with Crippen LogP contribution in [0.15, 0.2) is 24.3 Å². The van der Waals surface area contributed by atoms with Crippen molar-refractivity contribution in [3.8, 4) is 0 Å². The highest BCUT2D eigenvalue weighted by atomic mass is 32.1. The number of thiocarbonyl (C=S) groups is 2. The highest BCUT2D eigenvalue weighted by Crippen LogP contribution is 2.31. The zero-order valence-electron chi connectivity index (χ0n) is 23.7. The Morgan fingerprint density at radius 1 is 0.625 bits per heavy atom. The number of hydrogen-bond acceptors (Lipinski definition) is 2. The molecule has 0 radical (unpaired) electrons. The van der Waals surface area contributed by atoms with E-state index in [9.17, 15) is 13.2 Å². The molecule has 3 saturated carbocycles. The second-order valence-electron chi connectivity index (χ2n) is 12.0. The minimum absolute atomic E-state index is 0.109. The summed E-state index contributed by atoms with van der Waals surface area (Å²) in [7, 11) is 0. The lowest BCUT2D eigenvalue weighted by Gasteiger charge is -2.44. The summed E-state index contributed by atoms with van der Waals surface area (Å²) < 4.78 is 38.8. The minimum atomic E-state index is -4.35. The van der Waals surface area contributed by atoms with E-state index in [0.717, 1.165) is 42.9 Å². The van der Waals surface area contributed by atoms with E-state index in [1.54, 1.807) is 0 Å². The van der Waals surface area contributed by atoms with Crippen molar-refractivity contribution in [1.82, 2.24) is 15.5 Å². The van der Waals surface area contributed by atoms with Gasteiger partial charge < -0.3 is 20.9 Å². The minimum Gasteiger partial charge on any atom is -0.358 e. The number of rotatable bonds is 5. The third-order valence-electron chi connectivity index (χ3n) is 9.03.